The fourth-order valence-corrected chi connectivity index (χ4v) is 3.09. The van der Waals surface area contributed by atoms with Gasteiger partial charge in [0.05, 0.1) is 16.2 Å². The highest BCUT2D eigenvalue weighted by molar-refractivity contribution is 7.14. The smallest absolute Gasteiger partial charge is 0.306 e. The van der Waals surface area contributed by atoms with Crippen molar-refractivity contribution in [1.29, 1.82) is 0 Å². The van der Waals surface area contributed by atoms with E-state index in [9.17, 15) is 24.5 Å². The van der Waals surface area contributed by atoms with E-state index >= 15 is 0 Å². The molecule has 10 heteroatoms. The minimum Gasteiger partial charge on any atom is -0.456 e. The number of nitrogens with zero attached hydrogens (tertiary/aromatic N) is 1. The summed E-state index contributed by atoms with van der Waals surface area (Å²) in [6.07, 6.45) is -0.187. The number of halogens is 1. The molecule has 1 aromatic heterocycles. The van der Waals surface area contributed by atoms with E-state index < -0.39 is 23.4 Å². The third-order valence-electron chi connectivity index (χ3n) is 3.37. The van der Waals surface area contributed by atoms with E-state index in [4.69, 9.17) is 16.3 Å². The summed E-state index contributed by atoms with van der Waals surface area (Å²) >= 11 is 7.03. The van der Waals surface area contributed by atoms with Gasteiger partial charge < -0.3 is 10.1 Å². The summed E-state index contributed by atoms with van der Waals surface area (Å²) in [7, 11) is 0. The number of carbonyl (C=O) groups excluding carboxylic acids is 3. The van der Waals surface area contributed by atoms with Crippen LogP contribution in [0.4, 0.5) is 11.4 Å². The van der Waals surface area contributed by atoms with Gasteiger partial charge >= 0.3 is 5.97 Å². The van der Waals surface area contributed by atoms with Crippen LogP contribution in [0.2, 0.25) is 5.02 Å². The number of benzene rings is 1. The molecular formula is C17H15ClN2O6S. The van der Waals surface area contributed by atoms with Gasteiger partial charge in [0.15, 0.2) is 12.4 Å². The standard InChI is InChI=1S/C17H15ClN2O6S/c1-10-2-6-15(27-10)14(21)5-7-17(23)26-9-16(22)19-12-4-3-11(18)8-13(12)20(24)25/h2-4,6,8H,5,7,9H2,1H3,(H,19,22). The molecule has 2 aromatic rings. The predicted octanol–water partition coefficient (Wildman–Crippen LogP) is 3.76. The molecule has 1 N–H and O–H groups in total. The number of amides is 1. The molecule has 0 saturated heterocycles. The van der Waals surface area contributed by atoms with E-state index in [1.165, 1.54) is 23.5 Å². The van der Waals surface area contributed by atoms with Crippen LogP contribution in [0.5, 0.6) is 0 Å². The highest BCUT2D eigenvalue weighted by Crippen LogP contribution is 2.27. The van der Waals surface area contributed by atoms with Gasteiger partial charge in [0, 0.05) is 22.4 Å². The topological polar surface area (TPSA) is 116 Å². The molecule has 1 amide bonds. The van der Waals surface area contributed by atoms with Crippen molar-refractivity contribution in [3.63, 3.8) is 0 Å². The molecule has 0 aliphatic carbocycles. The predicted molar refractivity (Wildman–Crippen MR) is 100 cm³/mol. The van der Waals surface area contributed by atoms with Gasteiger partial charge in [0.2, 0.25) is 0 Å². The average molecular weight is 411 g/mol. The molecule has 142 valence electrons. The Morgan fingerprint density at radius 1 is 1.22 bits per heavy atom. The van der Waals surface area contributed by atoms with Crippen molar-refractivity contribution >= 4 is 52.0 Å². The van der Waals surface area contributed by atoms with Crippen LogP contribution in [-0.2, 0) is 14.3 Å². The number of anilines is 1. The zero-order chi connectivity index (χ0) is 20.0. The Labute approximate surface area is 163 Å². The highest BCUT2D eigenvalue weighted by atomic mass is 35.5. The third-order valence-corrected chi connectivity index (χ3v) is 4.64. The Balaban J connectivity index is 1.81. The summed E-state index contributed by atoms with van der Waals surface area (Å²) < 4.78 is 4.80. The fourth-order valence-electron chi connectivity index (χ4n) is 2.09. The molecule has 0 atom stereocenters. The average Bonchev–Trinajstić information content (AvgIpc) is 3.05. The lowest BCUT2D eigenvalue weighted by Crippen LogP contribution is -2.21. The maximum atomic E-state index is 11.9. The molecule has 0 spiro atoms. The summed E-state index contributed by atoms with van der Waals surface area (Å²) in [4.78, 5) is 47.3. The van der Waals surface area contributed by atoms with E-state index in [0.29, 0.717) is 4.88 Å². The Kier molecular flexibility index (Phi) is 7.03. The van der Waals surface area contributed by atoms with Gasteiger partial charge in [-0.3, -0.25) is 24.5 Å². The number of rotatable bonds is 8. The number of Topliss-reactive ketones (excluding diaryl/α,β-unsaturated/α-hetero) is 1. The van der Waals surface area contributed by atoms with E-state index in [-0.39, 0.29) is 35.0 Å². The molecule has 0 radical (unpaired) electrons. The van der Waals surface area contributed by atoms with E-state index in [1.54, 1.807) is 6.07 Å². The SMILES string of the molecule is Cc1ccc(C(=O)CCC(=O)OCC(=O)Nc2ccc(Cl)cc2[N+](=O)[O-])s1. The number of ether oxygens (including phenoxy) is 1. The first-order valence-electron chi connectivity index (χ1n) is 7.75. The second-order valence-corrected chi connectivity index (χ2v) is 7.19. The first kappa shape index (κ1) is 20.5. The molecule has 0 unspecified atom stereocenters. The lowest BCUT2D eigenvalue weighted by atomic mass is 10.2. The zero-order valence-electron chi connectivity index (χ0n) is 14.2. The van der Waals surface area contributed by atoms with Crippen molar-refractivity contribution in [3.8, 4) is 0 Å². The van der Waals surface area contributed by atoms with Crippen molar-refractivity contribution in [2.45, 2.75) is 19.8 Å². The second kappa shape index (κ2) is 9.24. The summed E-state index contributed by atoms with van der Waals surface area (Å²) in [6, 6.07) is 7.27. The minimum atomic E-state index is -0.742. The van der Waals surface area contributed by atoms with Crippen molar-refractivity contribution in [2.75, 3.05) is 11.9 Å². The Hall–Kier alpha value is -2.78. The maximum Gasteiger partial charge on any atom is 0.306 e. The molecule has 0 saturated carbocycles. The second-order valence-electron chi connectivity index (χ2n) is 5.46. The van der Waals surface area contributed by atoms with E-state index in [1.807, 2.05) is 13.0 Å². The van der Waals surface area contributed by atoms with Crippen LogP contribution >= 0.6 is 22.9 Å². The number of esters is 1. The minimum absolute atomic E-state index is 0.0247. The van der Waals surface area contributed by atoms with Gasteiger partial charge in [-0.15, -0.1) is 11.3 Å². The summed E-state index contributed by atoms with van der Waals surface area (Å²) in [5.41, 5.74) is -0.437. The van der Waals surface area contributed by atoms with Crippen molar-refractivity contribution in [3.05, 3.63) is 55.2 Å². The largest absolute Gasteiger partial charge is 0.456 e. The van der Waals surface area contributed by atoms with Crippen molar-refractivity contribution in [1.82, 2.24) is 0 Å². The van der Waals surface area contributed by atoms with Crippen LogP contribution < -0.4 is 5.32 Å². The van der Waals surface area contributed by atoms with Crippen molar-refractivity contribution in [2.24, 2.45) is 0 Å². The van der Waals surface area contributed by atoms with Gasteiger partial charge in [-0.2, -0.15) is 0 Å². The third kappa shape index (κ3) is 6.15. The number of nitro groups is 1. The molecule has 0 aliphatic heterocycles. The van der Waals surface area contributed by atoms with Crippen molar-refractivity contribution < 1.29 is 24.0 Å². The zero-order valence-corrected chi connectivity index (χ0v) is 15.8. The molecular weight excluding hydrogens is 396 g/mol. The molecule has 0 fully saturated rings. The Morgan fingerprint density at radius 2 is 1.96 bits per heavy atom. The van der Waals surface area contributed by atoms with Crippen LogP contribution in [0, 0.1) is 17.0 Å². The van der Waals surface area contributed by atoms with E-state index in [2.05, 4.69) is 5.32 Å². The van der Waals surface area contributed by atoms with Crippen LogP contribution in [0.25, 0.3) is 0 Å². The molecule has 2 rings (SSSR count). The number of aryl methyl sites for hydroxylation is 1. The number of carbonyl (C=O) groups is 3. The number of hydrogen-bond donors (Lipinski definition) is 1. The number of ketones is 1. The molecule has 1 heterocycles. The number of nitro benzene ring substituents is 1. The fraction of sp³-hybridized carbons (Fsp3) is 0.235. The Morgan fingerprint density at radius 3 is 2.59 bits per heavy atom. The summed E-state index contributed by atoms with van der Waals surface area (Å²) in [6.45, 7) is 1.25. The first-order valence-corrected chi connectivity index (χ1v) is 8.94. The normalized spacial score (nSPS) is 10.3. The summed E-state index contributed by atoms with van der Waals surface area (Å²) in [5, 5.41) is 13.4. The lowest BCUT2D eigenvalue weighted by molar-refractivity contribution is -0.383. The monoisotopic (exact) mass is 410 g/mol. The first-order chi connectivity index (χ1) is 12.8. The molecule has 0 bridgehead atoms. The number of nitrogens with one attached hydrogen (secondary N) is 1. The molecule has 8 nitrogen and oxygen atoms in total. The van der Waals surface area contributed by atoms with Gasteiger partial charge in [0.1, 0.15) is 5.69 Å². The Bertz CT molecular complexity index is 895. The van der Waals surface area contributed by atoms with Crippen LogP contribution in [0.1, 0.15) is 27.4 Å². The number of hydrogen-bond acceptors (Lipinski definition) is 7. The highest BCUT2D eigenvalue weighted by Gasteiger charge is 2.18. The van der Waals surface area contributed by atoms with Gasteiger partial charge in [-0.05, 0) is 31.2 Å². The summed E-state index contributed by atoms with van der Waals surface area (Å²) in [5.74, 6) is -1.63. The lowest BCUT2D eigenvalue weighted by Gasteiger charge is -2.07. The van der Waals surface area contributed by atoms with Gasteiger partial charge in [-0.25, -0.2) is 0 Å². The van der Waals surface area contributed by atoms with Crippen LogP contribution in [0.15, 0.2) is 30.3 Å². The number of thiophene rings is 1. The van der Waals surface area contributed by atoms with E-state index in [0.717, 1.165) is 10.9 Å². The quantitative estimate of drug-likeness (QED) is 0.306. The van der Waals surface area contributed by atoms with Gasteiger partial charge in [-0.1, -0.05) is 11.6 Å². The molecule has 27 heavy (non-hydrogen) atoms. The maximum absolute atomic E-state index is 11.9. The van der Waals surface area contributed by atoms with Crippen LogP contribution in [0.3, 0.4) is 0 Å². The van der Waals surface area contributed by atoms with Gasteiger partial charge in [0.25, 0.3) is 11.6 Å². The molecule has 0 aliphatic rings. The van der Waals surface area contributed by atoms with Crippen LogP contribution in [-0.4, -0.2) is 29.2 Å². The molecule has 1 aromatic carbocycles.